The average molecular weight is 354 g/mol. The average Bonchev–Trinajstić information content (AvgIpc) is 3.09. The fourth-order valence-corrected chi connectivity index (χ4v) is 3.21. The van der Waals surface area contributed by atoms with Gasteiger partial charge in [-0.2, -0.15) is 0 Å². The van der Waals surface area contributed by atoms with Crippen LogP contribution in [0.2, 0.25) is 0 Å². The summed E-state index contributed by atoms with van der Waals surface area (Å²) in [6.07, 6.45) is 7.94. The van der Waals surface area contributed by atoms with E-state index in [1.165, 1.54) is 6.92 Å². The lowest BCUT2D eigenvalue weighted by Gasteiger charge is -2.24. The zero-order valence-electron chi connectivity index (χ0n) is 15.6. The number of pyridine rings is 1. The number of amides is 1. The SMILES string of the molecule is CC(=O)NCc1ccc(C2CCCN2Cc2cnc(N(C)C)nc2)nc1. The lowest BCUT2D eigenvalue weighted by molar-refractivity contribution is -0.119. The smallest absolute Gasteiger partial charge is 0.224 e. The molecule has 1 amide bonds. The Kier molecular flexibility index (Phi) is 5.78. The third-order valence-corrected chi connectivity index (χ3v) is 4.57. The molecule has 2 aromatic heterocycles. The van der Waals surface area contributed by atoms with E-state index in [4.69, 9.17) is 0 Å². The van der Waals surface area contributed by atoms with Crippen LogP contribution < -0.4 is 10.2 Å². The molecule has 3 rings (SSSR count). The van der Waals surface area contributed by atoms with Crippen molar-refractivity contribution in [1.29, 1.82) is 0 Å². The van der Waals surface area contributed by atoms with Gasteiger partial charge in [0.05, 0.1) is 11.7 Å². The van der Waals surface area contributed by atoms with E-state index < -0.39 is 0 Å². The normalized spacial score (nSPS) is 17.3. The zero-order valence-corrected chi connectivity index (χ0v) is 15.6. The van der Waals surface area contributed by atoms with Gasteiger partial charge >= 0.3 is 0 Å². The molecule has 7 nitrogen and oxygen atoms in total. The molecule has 1 fully saturated rings. The summed E-state index contributed by atoms with van der Waals surface area (Å²) in [4.78, 5) is 28.8. The Morgan fingerprint density at radius 1 is 1.19 bits per heavy atom. The monoisotopic (exact) mass is 354 g/mol. The number of hydrogen-bond donors (Lipinski definition) is 1. The molecule has 1 N–H and O–H groups in total. The number of rotatable bonds is 6. The van der Waals surface area contributed by atoms with Gasteiger partial charge in [0.1, 0.15) is 0 Å². The molecule has 1 aliphatic rings. The number of nitrogens with one attached hydrogen (secondary N) is 1. The third-order valence-electron chi connectivity index (χ3n) is 4.57. The second-order valence-corrected chi connectivity index (χ2v) is 6.92. The van der Waals surface area contributed by atoms with Crippen molar-refractivity contribution in [1.82, 2.24) is 25.2 Å². The number of likely N-dealkylation sites (tertiary alicyclic amines) is 1. The minimum atomic E-state index is -0.0291. The van der Waals surface area contributed by atoms with E-state index in [1.54, 1.807) is 0 Å². The van der Waals surface area contributed by atoms with Gasteiger partial charge < -0.3 is 10.2 Å². The van der Waals surface area contributed by atoms with E-state index in [-0.39, 0.29) is 5.91 Å². The van der Waals surface area contributed by atoms with Gasteiger partial charge in [0, 0.05) is 58.3 Å². The quantitative estimate of drug-likeness (QED) is 0.854. The van der Waals surface area contributed by atoms with Crippen molar-refractivity contribution in [2.45, 2.75) is 38.9 Å². The summed E-state index contributed by atoms with van der Waals surface area (Å²) in [7, 11) is 3.87. The topological polar surface area (TPSA) is 74.2 Å². The predicted molar refractivity (Wildman–Crippen MR) is 101 cm³/mol. The molecule has 0 spiro atoms. The largest absolute Gasteiger partial charge is 0.352 e. The van der Waals surface area contributed by atoms with Gasteiger partial charge in [-0.3, -0.25) is 14.7 Å². The van der Waals surface area contributed by atoms with Crippen LogP contribution in [-0.2, 0) is 17.9 Å². The Hall–Kier alpha value is -2.54. The van der Waals surface area contributed by atoms with E-state index in [0.29, 0.717) is 12.6 Å². The van der Waals surface area contributed by atoms with Gasteiger partial charge in [0.25, 0.3) is 0 Å². The van der Waals surface area contributed by atoms with Gasteiger partial charge in [0.2, 0.25) is 11.9 Å². The molecule has 1 unspecified atom stereocenters. The van der Waals surface area contributed by atoms with Crippen molar-refractivity contribution in [3.8, 4) is 0 Å². The zero-order chi connectivity index (χ0) is 18.5. The lowest BCUT2D eigenvalue weighted by Crippen LogP contribution is -2.24. The number of hydrogen-bond acceptors (Lipinski definition) is 6. The van der Waals surface area contributed by atoms with Crippen molar-refractivity contribution in [3.05, 3.63) is 47.5 Å². The van der Waals surface area contributed by atoms with Crippen LogP contribution in [0.5, 0.6) is 0 Å². The number of carbonyl (C=O) groups excluding carboxylic acids is 1. The maximum atomic E-state index is 11.0. The molecule has 1 atom stereocenters. The van der Waals surface area contributed by atoms with Crippen molar-refractivity contribution in [3.63, 3.8) is 0 Å². The summed E-state index contributed by atoms with van der Waals surface area (Å²) >= 11 is 0. The first-order valence-electron chi connectivity index (χ1n) is 8.94. The number of aromatic nitrogens is 3. The molecule has 0 radical (unpaired) electrons. The highest BCUT2D eigenvalue weighted by molar-refractivity contribution is 5.72. The van der Waals surface area contributed by atoms with Crippen LogP contribution in [-0.4, -0.2) is 46.4 Å². The first-order chi connectivity index (χ1) is 12.5. The van der Waals surface area contributed by atoms with Crippen molar-refractivity contribution < 1.29 is 4.79 Å². The van der Waals surface area contributed by atoms with Gasteiger partial charge in [-0.1, -0.05) is 6.07 Å². The van der Waals surface area contributed by atoms with Gasteiger partial charge in [-0.15, -0.1) is 0 Å². The van der Waals surface area contributed by atoms with E-state index in [0.717, 1.165) is 48.7 Å². The third kappa shape index (κ3) is 4.54. The highest BCUT2D eigenvalue weighted by Crippen LogP contribution is 2.32. The van der Waals surface area contributed by atoms with E-state index in [1.807, 2.05) is 43.7 Å². The van der Waals surface area contributed by atoms with Crippen LogP contribution in [0.15, 0.2) is 30.7 Å². The molecule has 3 heterocycles. The minimum absolute atomic E-state index is 0.0291. The van der Waals surface area contributed by atoms with Crippen molar-refractivity contribution >= 4 is 11.9 Å². The molecule has 1 aliphatic heterocycles. The molecule has 0 aromatic carbocycles. The highest BCUT2D eigenvalue weighted by Gasteiger charge is 2.27. The molecule has 7 heteroatoms. The van der Waals surface area contributed by atoms with Crippen molar-refractivity contribution in [2.24, 2.45) is 0 Å². The second-order valence-electron chi connectivity index (χ2n) is 6.92. The molecule has 0 aliphatic carbocycles. The molecule has 0 saturated carbocycles. The molecular weight excluding hydrogens is 328 g/mol. The Labute approximate surface area is 154 Å². The molecule has 1 saturated heterocycles. The fraction of sp³-hybridized carbons (Fsp3) is 0.474. The van der Waals surface area contributed by atoms with Crippen LogP contribution in [0.25, 0.3) is 0 Å². The summed E-state index contributed by atoms with van der Waals surface area (Å²) < 4.78 is 0. The summed E-state index contributed by atoms with van der Waals surface area (Å²) in [6, 6.07) is 4.44. The number of carbonyl (C=O) groups is 1. The second kappa shape index (κ2) is 8.23. The fourth-order valence-electron chi connectivity index (χ4n) is 3.21. The molecule has 0 bridgehead atoms. The van der Waals surface area contributed by atoms with Gasteiger partial charge in [0.15, 0.2) is 0 Å². The summed E-state index contributed by atoms with van der Waals surface area (Å²) in [5, 5.41) is 2.80. The van der Waals surface area contributed by atoms with Gasteiger partial charge in [-0.25, -0.2) is 9.97 Å². The maximum Gasteiger partial charge on any atom is 0.224 e. The standard InChI is InChI=1S/C19H26N6O/c1-14(26)20-9-15-6-7-17(21-10-15)18-5-4-8-25(18)13-16-11-22-19(23-12-16)24(2)3/h6-7,10-12,18H,4-5,8-9,13H2,1-3H3,(H,20,26). The molecule has 2 aromatic rings. The first kappa shape index (κ1) is 18.3. The minimum Gasteiger partial charge on any atom is -0.352 e. The Morgan fingerprint density at radius 2 is 1.92 bits per heavy atom. The Bertz CT molecular complexity index is 729. The summed E-state index contributed by atoms with van der Waals surface area (Å²) in [5.41, 5.74) is 3.21. The van der Waals surface area contributed by atoms with Gasteiger partial charge in [-0.05, 0) is 31.0 Å². The Balaban J connectivity index is 1.65. The molecule has 138 valence electrons. The number of nitrogens with zero attached hydrogens (tertiary/aromatic N) is 5. The van der Waals surface area contributed by atoms with Crippen molar-refractivity contribution in [2.75, 3.05) is 25.5 Å². The molecule has 26 heavy (non-hydrogen) atoms. The van der Waals surface area contributed by atoms with Crippen LogP contribution in [0.4, 0.5) is 5.95 Å². The Morgan fingerprint density at radius 3 is 2.54 bits per heavy atom. The number of anilines is 1. The predicted octanol–water partition coefficient (Wildman–Crippen LogP) is 1.91. The maximum absolute atomic E-state index is 11.0. The summed E-state index contributed by atoms with van der Waals surface area (Å²) in [6.45, 7) is 3.92. The van der Waals surface area contributed by atoms with E-state index in [2.05, 4.69) is 31.2 Å². The van der Waals surface area contributed by atoms with E-state index >= 15 is 0 Å². The van der Waals surface area contributed by atoms with Crippen LogP contribution in [0, 0.1) is 0 Å². The van der Waals surface area contributed by atoms with Crippen LogP contribution >= 0.6 is 0 Å². The highest BCUT2D eigenvalue weighted by atomic mass is 16.1. The lowest BCUT2D eigenvalue weighted by atomic mass is 10.1. The summed E-state index contributed by atoms with van der Waals surface area (Å²) in [5.74, 6) is 0.696. The first-order valence-corrected chi connectivity index (χ1v) is 8.94. The molecular formula is C19H26N6O. The van der Waals surface area contributed by atoms with E-state index in [9.17, 15) is 4.79 Å². The van der Waals surface area contributed by atoms with Crippen LogP contribution in [0.3, 0.4) is 0 Å². The van der Waals surface area contributed by atoms with Crippen LogP contribution in [0.1, 0.15) is 42.6 Å².